The van der Waals surface area contributed by atoms with Gasteiger partial charge in [0, 0.05) is 6.20 Å². The normalized spacial score (nSPS) is 12.9. The minimum atomic E-state index is -0.998. The molecule has 0 saturated heterocycles. The van der Waals surface area contributed by atoms with Crippen molar-refractivity contribution in [3.8, 4) is 0 Å². The van der Waals surface area contributed by atoms with Gasteiger partial charge in [0.25, 0.3) is 5.56 Å². The highest BCUT2D eigenvalue weighted by molar-refractivity contribution is 6.34. The van der Waals surface area contributed by atoms with Crippen LogP contribution < -0.4 is 5.56 Å². The molecule has 1 aromatic rings. The molecular weight excluding hydrogens is 229 g/mol. The molecule has 0 radical (unpaired) electrons. The molecule has 0 aliphatic carbocycles. The summed E-state index contributed by atoms with van der Waals surface area (Å²) in [7, 11) is 0. The minimum Gasteiger partial charge on any atom is -0.394 e. The van der Waals surface area contributed by atoms with Crippen LogP contribution >= 0.6 is 23.2 Å². The van der Waals surface area contributed by atoms with Crippen molar-refractivity contribution < 1.29 is 10.2 Å². The summed E-state index contributed by atoms with van der Waals surface area (Å²) in [5.74, 6) is 0. The first-order valence-corrected chi connectivity index (χ1v) is 4.64. The van der Waals surface area contributed by atoms with Crippen LogP contribution in [0.15, 0.2) is 17.1 Å². The Hall–Kier alpha value is -0.550. The number of rotatable bonds is 3. The summed E-state index contributed by atoms with van der Waals surface area (Å²) in [6.45, 7) is -0.452. The molecule has 6 heteroatoms. The van der Waals surface area contributed by atoms with Crippen molar-refractivity contribution in [3.63, 3.8) is 0 Å². The van der Waals surface area contributed by atoms with Gasteiger partial charge >= 0.3 is 0 Å². The highest BCUT2D eigenvalue weighted by Gasteiger charge is 2.08. The first-order chi connectivity index (χ1) is 6.54. The average molecular weight is 238 g/mol. The van der Waals surface area contributed by atoms with Crippen LogP contribution in [0.25, 0.3) is 0 Å². The minimum absolute atomic E-state index is 0.0114. The zero-order valence-electron chi connectivity index (χ0n) is 7.15. The van der Waals surface area contributed by atoms with Crippen LogP contribution in [0.5, 0.6) is 0 Å². The average Bonchev–Trinajstić information content (AvgIpc) is 2.13. The van der Waals surface area contributed by atoms with E-state index >= 15 is 0 Å². The smallest absolute Gasteiger partial charge is 0.269 e. The van der Waals surface area contributed by atoms with E-state index in [1.807, 2.05) is 0 Å². The quantitative estimate of drug-likeness (QED) is 0.806. The lowest BCUT2D eigenvalue weighted by Crippen LogP contribution is -2.28. The lowest BCUT2D eigenvalue weighted by atomic mass is 10.3. The van der Waals surface area contributed by atoms with Crippen molar-refractivity contribution in [1.29, 1.82) is 0 Å². The van der Waals surface area contributed by atoms with E-state index in [-0.39, 0.29) is 11.6 Å². The van der Waals surface area contributed by atoms with E-state index in [4.69, 9.17) is 33.4 Å². The van der Waals surface area contributed by atoms with Gasteiger partial charge in [0.05, 0.1) is 24.3 Å². The Morgan fingerprint density at radius 3 is 2.71 bits per heavy atom. The number of aromatic nitrogens is 1. The van der Waals surface area contributed by atoms with Gasteiger partial charge in [-0.15, -0.1) is 0 Å². The fourth-order valence-corrected chi connectivity index (χ4v) is 1.49. The summed E-state index contributed by atoms with van der Waals surface area (Å²) < 4.78 is 1.16. The number of hydrogen-bond donors (Lipinski definition) is 2. The zero-order valence-corrected chi connectivity index (χ0v) is 8.66. The van der Waals surface area contributed by atoms with Crippen molar-refractivity contribution in [2.24, 2.45) is 0 Å². The Labute approximate surface area is 90.3 Å². The van der Waals surface area contributed by atoms with Gasteiger partial charge in [0.1, 0.15) is 5.02 Å². The molecule has 0 saturated carbocycles. The second-order valence-electron chi connectivity index (χ2n) is 2.80. The van der Waals surface area contributed by atoms with E-state index in [0.29, 0.717) is 5.02 Å². The predicted molar refractivity (Wildman–Crippen MR) is 53.8 cm³/mol. The van der Waals surface area contributed by atoms with E-state index in [9.17, 15) is 4.79 Å². The Morgan fingerprint density at radius 1 is 1.50 bits per heavy atom. The van der Waals surface area contributed by atoms with Crippen LogP contribution in [0.4, 0.5) is 0 Å². The SMILES string of the molecule is O=c1c(Cl)cc(Cl)cn1CC(O)CO. The Kier molecular flexibility index (Phi) is 3.95. The standard InChI is InChI=1S/C8H9Cl2NO3/c9-5-1-7(10)8(14)11(2-5)3-6(13)4-12/h1-2,6,12-13H,3-4H2. The molecule has 1 atom stereocenters. The van der Waals surface area contributed by atoms with Crippen molar-refractivity contribution in [2.75, 3.05) is 6.61 Å². The van der Waals surface area contributed by atoms with Crippen molar-refractivity contribution >= 4 is 23.2 Å². The summed E-state index contributed by atoms with van der Waals surface area (Å²) in [5, 5.41) is 18.0. The first-order valence-electron chi connectivity index (χ1n) is 3.89. The second-order valence-corrected chi connectivity index (χ2v) is 3.64. The summed E-state index contributed by atoms with van der Waals surface area (Å²) in [4.78, 5) is 11.4. The van der Waals surface area contributed by atoms with Gasteiger partial charge in [-0.05, 0) is 6.07 Å². The van der Waals surface area contributed by atoms with Gasteiger partial charge in [-0.25, -0.2) is 0 Å². The molecule has 2 N–H and O–H groups in total. The molecule has 1 aromatic heterocycles. The molecular formula is C8H9Cl2NO3. The Bertz CT molecular complexity index is 377. The summed E-state index contributed by atoms with van der Waals surface area (Å²) in [6, 6.07) is 1.33. The Balaban J connectivity index is 3.02. The van der Waals surface area contributed by atoms with Crippen molar-refractivity contribution in [3.05, 3.63) is 32.7 Å². The molecule has 0 amide bonds. The third-order valence-corrected chi connectivity index (χ3v) is 2.10. The predicted octanol–water partition coefficient (Wildman–Crippen LogP) is 0.508. The maximum absolute atomic E-state index is 11.4. The maximum Gasteiger partial charge on any atom is 0.269 e. The molecule has 1 heterocycles. The first kappa shape index (κ1) is 11.5. The fraction of sp³-hybridized carbons (Fsp3) is 0.375. The van der Waals surface area contributed by atoms with Gasteiger partial charge in [-0.2, -0.15) is 0 Å². The van der Waals surface area contributed by atoms with Gasteiger partial charge in [0.15, 0.2) is 0 Å². The number of pyridine rings is 1. The summed E-state index contributed by atoms with van der Waals surface area (Å²) in [6.07, 6.45) is 0.358. The van der Waals surface area contributed by atoms with E-state index in [2.05, 4.69) is 0 Å². The molecule has 0 fully saturated rings. The Morgan fingerprint density at radius 2 is 2.14 bits per heavy atom. The lowest BCUT2D eigenvalue weighted by molar-refractivity contribution is 0.0804. The number of hydrogen-bond acceptors (Lipinski definition) is 3. The van der Waals surface area contributed by atoms with Crippen LogP contribution in [0.2, 0.25) is 10.0 Å². The largest absolute Gasteiger partial charge is 0.394 e. The number of aliphatic hydroxyl groups is 2. The monoisotopic (exact) mass is 237 g/mol. The highest BCUT2D eigenvalue weighted by Crippen LogP contribution is 2.11. The van der Waals surface area contributed by atoms with Gasteiger partial charge in [0.2, 0.25) is 0 Å². The summed E-state index contributed by atoms with van der Waals surface area (Å²) in [5.41, 5.74) is -0.441. The van der Waals surface area contributed by atoms with E-state index < -0.39 is 18.3 Å². The molecule has 0 aliphatic heterocycles. The molecule has 0 bridgehead atoms. The van der Waals surface area contributed by atoms with Gasteiger partial charge in [-0.1, -0.05) is 23.2 Å². The second kappa shape index (κ2) is 4.79. The topological polar surface area (TPSA) is 62.5 Å². The molecule has 1 unspecified atom stereocenters. The molecule has 78 valence electrons. The van der Waals surface area contributed by atoms with Crippen LogP contribution in [0.3, 0.4) is 0 Å². The van der Waals surface area contributed by atoms with Crippen LogP contribution in [-0.4, -0.2) is 27.5 Å². The van der Waals surface area contributed by atoms with Gasteiger partial charge in [-0.3, -0.25) is 4.79 Å². The van der Waals surface area contributed by atoms with E-state index in [1.165, 1.54) is 12.3 Å². The van der Waals surface area contributed by atoms with Crippen molar-refractivity contribution in [1.82, 2.24) is 4.57 Å². The fourth-order valence-electron chi connectivity index (χ4n) is 0.985. The molecule has 14 heavy (non-hydrogen) atoms. The lowest BCUT2D eigenvalue weighted by Gasteiger charge is -2.10. The van der Waals surface area contributed by atoms with E-state index in [1.54, 1.807) is 0 Å². The summed E-state index contributed by atoms with van der Waals surface area (Å²) >= 11 is 11.2. The molecule has 0 aromatic carbocycles. The number of aliphatic hydroxyl groups excluding tert-OH is 2. The van der Waals surface area contributed by atoms with Crippen molar-refractivity contribution in [2.45, 2.75) is 12.6 Å². The third-order valence-electron chi connectivity index (χ3n) is 1.63. The van der Waals surface area contributed by atoms with Gasteiger partial charge < -0.3 is 14.8 Å². The van der Waals surface area contributed by atoms with E-state index in [0.717, 1.165) is 4.57 Å². The molecule has 4 nitrogen and oxygen atoms in total. The highest BCUT2D eigenvalue weighted by atomic mass is 35.5. The molecule has 0 aliphatic rings. The third kappa shape index (κ3) is 2.72. The number of halogens is 2. The maximum atomic E-state index is 11.4. The number of nitrogens with zero attached hydrogens (tertiary/aromatic N) is 1. The molecule has 0 spiro atoms. The van der Waals surface area contributed by atoms with Crippen LogP contribution in [0.1, 0.15) is 0 Å². The molecule has 1 rings (SSSR count). The zero-order chi connectivity index (χ0) is 10.7. The van der Waals surface area contributed by atoms with Crippen LogP contribution in [-0.2, 0) is 6.54 Å². The van der Waals surface area contributed by atoms with Crippen LogP contribution in [0, 0.1) is 0 Å².